The summed E-state index contributed by atoms with van der Waals surface area (Å²) in [6, 6.07) is -1.18. The second-order valence-electron chi connectivity index (χ2n) is 7.50. The Labute approximate surface area is 156 Å². The number of nitrogens with one attached hydrogen (secondary N) is 2. The summed E-state index contributed by atoms with van der Waals surface area (Å²) in [5.41, 5.74) is -1.38. The van der Waals surface area contributed by atoms with E-state index in [4.69, 9.17) is 9.47 Å². The van der Waals surface area contributed by atoms with Crippen molar-refractivity contribution in [2.45, 2.75) is 65.2 Å². The van der Waals surface area contributed by atoms with E-state index in [0.717, 1.165) is 11.3 Å². The van der Waals surface area contributed by atoms with E-state index in [9.17, 15) is 19.5 Å². The van der Waals surface area contributed by atoms with Crippen LogP contribution in [0.25, 0.3) is 0 Å². The number of hydrogen-bond donors (Lipinski definition) is 3. The van der Waals surface area contributed by atoms with Crippen LogP contribution in [-0.2, 0) is 20.7 Å². The van der Waals surface area contributed by atoms with Gasteiger partial charge in [-0.15, -0.1) is 11.3 Å². The number of carboxylic acid groups (broad SMARTS) is 1. The molecule has 0 bridgehead atoms. The molecule has 0 saturated carbocycles. The Balaban J connectivity index is 2.68. The maximum Gasteiger partial charge on any atom is 0.413 e. The number of carbonyl (C=O) groups excluding carboxylic acids is 2. The van der Waals surface area contributed by atoms with Gasteiger partial charge in [0.05, 0.1) is 0 Å². The molecule has 1 heterocycles. The third kappa shape index (κ3) is 8.65. The maximum atomic E-state index is 11.8. The lowest BCUT2D eigenvalue weighted by molar-refractivity contribution is -0.139. The fraction of sp³-hybridized carbons (Fsp3) is 0.625. The summed E-state index contributed by atoms with van der Waals surface area (Å²) >= 11 is 1.09. The van der Waals surface area contributed by atoms with Crippen LogP contribution < -0.4 is 10.6 Å². The van der Waals surface area contributed by atoms with Crippen LogP contribution in [0.4, 0.5) is 14.7 Å². The number of hydrogen-bond acceptors (Lipinski definition) is 7. The molecule has 1 aromatic heterocycles. The highest BCUT2D eigenvalue weighted by atomic mass is 32.1. The third-order valence-electron chi connectivity index (χ3n) is 2.56. The van der Waals surface area contributed by atoms with Crippen LogP contribution in [0.1, 0.15) is 46.4 Å². The number of rotatable bonds is 5. The number of alkyl carbamates (subject to hydrolysis) is 1. The first-order valence-corrected chi connectivity index (χ1v) is 8.74. The molecule has 0 radical (unpaired) electrons. The van der Waals surface area contributed by atoms with Crippen LogP contribution >= 0.6 is 11.3 Å². The lowest BCUT2D eigenvalue weighted by Crippen LogP contribution is -2.44. The van der Waals surface area contributed by atoms with E-state index in [2.05, 4.69) is 15.6 Å². The lowest BCUT2D eigenvalue weighted by Gasteiger charge is -2.21. The molecule has 2 amide bonds. The first kappa shape index (κ1) is 21.7. The van der Waals surface area contributed by atoms with E-state index in [1.807, 2.05) is 0 Å². The van der Waals surface area contributed by atoms with Crippen LogP contribution in [-0.4, -0.2) is 45.5 Å². The van der Waals surface area contributed by atoms with Gasteiger partial charge in [-0.1, -0.05) is 0 Å². The summed E-state index contributed by atoms with van der Waals surface area (Å²) in [6.07, 6.45) is -0.0339. The summed E-state index contributed by atoms with van der Waals surface area (Å²) < 4.78 is 10.2. The van der Waals surface area contributed by atoms with Gasteiger partial charge < -0.3 is 19.9 Å². The highest BCUT2D eigenvalue weighted by molar-refractivity contribution is 7.15. The summed E-state index contributed by atoms with van der Waals surface area (Å²) in [6.45, 7) is 10.2. The molecule has 10 heteroatoms. The topological polar surface area (TPSA) is 127 Å². The molecule has 0 fully saturated rings. The molecule has 0 aliphatic rings. The van der Waals surface area contributed by atoms with Crippen molar-refractivity contribution in [2.24, 2.45) is 0 Å². The van der Waals surface area contributed by atoms with Crippen molar-refractivity contribution in [1.82, 2.24) is 10.3 Å². The Morgan fingerprint density at radius 2 is 1.65 bits per heavy atom. The smallest absolute Gasteiger partial charge is 0.413 e. The maximum absolute atomic E-state index is 11.8. The van der Waals surface area contributed by atoms with Crippen molar-refractivity contribution >= 4 is 34.6 Å². The summed E-state index contributed by atoms with van der Waals surface area (Å²) in [5.74, 6) is -1.20. The summed E-state index contributed by atoms with van der Waals surface area (Å²) in [4.78, 5) is 39.4. The number of amides is 2. The van der Waals surface area contributed by atoms with Crippen molar-refractivity contribution in [3.05, 3.63) is 11.1 Å². The Morgan fingerprint density at radius 1 is 1.12 bits per heavy atom. The molecule has 0 saturated heterocycles. The normalized spacial score (nSPS) is 12.8. The molecule has 26 heavy (non-hydrogen) atoms. The Morgan fingerprint density at radius 3 is 2.15 bits per heavy atom. The van der Waals surface area contributed by atoms with Gasteiger partial charge in [0.15, 0.2) is 5.13 Å². The van der Waals surface area contributed by atoms with Gasteiger partial charge in [0.1, 0.15) is 17.2 Å². The van der Waals surface area contributed by atoms with Gasteiger partial charge in [0.2, 0.25) is 0 Å². The molecule has 0 aromatic carbocycles. The number of anilines is 1. The highest BCUT2D eigenvalue weighted by Crippen LogP contribution is 2.21. The van der Waals surface area contributed by atoms with Crippen LogP contribution in [0, 0.1) is 0 Å². The molecule has 3 N–H and O–H groups in total. The van der Waals surface area contributed by atoms with E-state index in [1.165, 1.54) is 6.20 Å². The van der Waals surface area contributed by atoms with Gasteiger partial charge in [-0.25, -0.2) is 19.4 Å². The Hall–Kier alpha value is -2.36. The SMILES string of the molecule is CC(C)(C)OC(=O)Nc1ncc(CC(NC(=O)OC(C)(C)C)C(=O)O)s1. The summed E-state index contributed by atoms with van der Waals surface area (Å²) in [5, 5.41) is 14.3. The average Bonchev–Trinajstić information content (AvgIpc) is 2.80. The summed E-state index contributed by atoms with van der Waals surface area (Å²) in [7, 11) is 0. The number of thiazole rings is 1. The van der Waals surface area contributed by atoms with Gasteiger partial charge in [-0.2, -0.15) is 0 Å². The van der Waals surface area contributed by atoms with E-state index in [1.54, 1.807) is 41.5 Å². The number of carboxylic acids is 1. The second-order valence-corrected chi connectivity index (χ2v) is 8.61. The van der Waals surface area contributed by atoms with E-state index in [-0.39, 0.29) is 11.6 Å². The van der Waals surface area contributed by atoms with Crippen molar-refractivity contribution in [2.75, 3.05) is 5.32 Å². The first-order valence-electron chi connectivity index (χ1n) is 7.92. The van der Waals surface area contributed by atoms with E-state index >= 15 is 0 Å². The largest absolute Gasteiger partial charge is 0.480 e. The zero-order chi connectivity index (χ0) is 20.1. The average molecular weight is 387 g/mol. The quantitative estimate of drug-likeness (QED) is 0.708. The Bertz CT molecular complexity index is 660. The van der Waals surface area contributed by atoms with Crippen molar-refractivity contribution in [3.8, 4) is 0 Å². The number of carbonyl (C=O) groups is 3. The standard InChI is InChI=1S/C16H25N3O6S/c1-15(2,3)24-13(22)18-10(11(20)21)7-9-8-17-12(26-9)19-14(23)25-16(4,5)6/h8,10H,7H2,1-6H3,(H,18,22)(H,20,21)(H,17,19,23). The lowest BCUT2D eigenvalue weighted by atomic mass is 10.2. The number of aliphatic carboxylic acids is 1. The van der Waals surface area contributed by atoms with E-state index < -0.39 is 35.4 Å². The molecule has 146 valence electrons. The molecular formula is C16H25N3O6S. The molecule has 1 rings (SSSR count). The van der Waals surface area contributed by atoms with Gasteiger partial charge in [0, 0.05) is 17.5 Å². The minimum atomic E-state index is -1.20. The van der Waals surface area contributed by atoms with Crippen LogP contribution in [0.3, 0.4) is 0 Å². The number of ether oxygens (including phenoxy) is 2. The van der Waals surface area contributed by atoms with Crippen molar-refractivity contribution < 1.29 is 29.0 Å². The fourth-order valence-corrected chi connectivity index (χ4v) is 2.55. The van der Waals surface area contributed by atoms with Crippen LogP contribution in [0.15, 0.2) is 6.20 Å². The van der Waals surface area contributed by atoms with Crippen LogP contribution in [0.2, 0.25) is 0 Å². The van der Waals surface area contributed by atoms with Crippen LogP contribution in [0.5, 0.6) is 0 Å². The van der Waals surface area contributed by atoms with Gasteiger partial charge in [-0.3, -0.25) is 5.32 Å². The predicted molar refractivity (Wildman–Crippen MR) is 96.5 cm³/mol. The molecule has 0 spiro atoms. The molecule has 0 aliphatic heterocycles. The third-order valence-corrected chi connectivity index (χ3v) is 3.49. The zero-order valence-corrected chi connectivity index (χ0v) is 16.5. The molecular weight excluding hydrogens is 362 g/mol. The Kier molecular flexibility index (Phi) is 6.96. The molecule has 1 atom stereocenters. The minimum Gasteiger partial charge on any atom is -0.480 e. The minimum absolute atomic E-state index is 0.00222. The monoisotopic (exact) mass is 387 g/mol. The van der Waals surface area contributed by atoms with E-state index in [0.29, 0.717) is 4.88 Å². The molecule has 1 aromatic rings. The highest BCUT2D eigenvalue weighted by Gasteiger charge is 2.25. The molecule has 0 aliphatic carbocycles. The molecule has 1 unspecified atom stereocenters. The van der Waals surface area contributed by atoms with Crippen molar-refractivity contribution in [3.63, 3.8) is 0 Å². The zero-order valence-electron chi connectivity index (χ0n) is 15.7. The second kappa shape index (κ2) is 8.35. The predicted octanol–water partition coefficient (Wildman–Crippen LogP) is 3.01. The van der Waals surface area contributed by atoms with Crippen molar-refractivity contribution in [1.29, 1.82) is 0 Å². The van der Waals surface area contributed by atoms with Gasteiger partial charge in [0.25, 0.3) is 0 Å². The fourth-order valence-electron chi connectivity index (χ4n) is 1.70. The van der Waals surface area contributed by atoms with Gasteiger partial charge >= 0.3 is 18.2 Å². The number of nitrogens with zero attached hydrogens (tertiary/aromatic N) is 1. The number of aromatic nitrogens is 1. The first-order chi connectivity index (χ1) is 11.7. The molecule has 9 nitrogen and oxygen atoms in total. The van der Waals surface area contributed by atoms with Gasteiger partial charge in [-0.05, 0) is 41.5 Å².